The van der Waals surface area contributed by atoms with Gasteiger partial charge in [-0.2, -0.15) is 4.99 Å². The van der Waals surface area contributed by atoms with Gasteiger partial charge in [-0.25, -0.2) is 4.79 Å². The van der Waals surface area contributed by atoms with E-state index >= 15 is 0 Å². The lowest BCUT2D eigenvalue weighted by molar-refractivity contribution is -0.493. The number of methoxy groups -OCH3 is 1. The zero-order chi connectivity index (χ0) is 21.7. The van der Waals surface area contributed by atoms with Gasteiger partial charge >= 0.3 is 23.8 Å². The Kier molecular flexibility index (Phi) is 5.97. The number of carbonyl (C=O) groups excluding carboxylic acids is 3. The minimum Gasteiger partial charge on any atom is -0.497 e. The maximum absolute atomic E-state index is 12.2. The number of carbonyl (C=O) groups is 3. The Hall–Kier alpha value is -4.34. The summed E-state index contributed by atoms with van der Waals surface area (Å²) in [6.07, 6.45) is 2.87. The standard InChI is InChI=1S/C20H15N3O7/c1-29-14-9-5-13(6-10-14)20(26)30-15-7-2-12(3-8-15)4-11-16-21-18(24)17(23(27)28)19(25)22-16/h2-11,17H,1H3,(H,21,22,24,25)/b11-4+. The summed E-state index contributed by atoms with van der Waals surface area (Å²) in [6, 6.07) is 10.9. The molecule has 10 heteroatoms. The van der Waals surface area contributed by atoms with Gasteiger partial charge in [-0.3, -0.25) is 19.7 Å². The number of aliphatic imine (C=N–C) groups is 1. The number of amidine groups is 1. The van der Waals surface area contributed by atoms with Crippen LogP contribution in [0.25, 0.3) is 6.08 Å². The number of nitrogens with zero attached hydrogens (tertiary/aromatic N) is 2. The molecule has 1 aliphatic heterocycles. The number of nitro groups is 1. The van der Waals surface area contributed by atoms with Crippen molar-refractivity contribution in [3.8, 4) is 11.5 Å². The van der Waals surface area contributed by atoms with Crippen molar-refractivity contribution in [3.05, 3.63) is 75.8 Å². The molecule has 0 aliphatic carbocycles. The summed E-state index contributed by atoms with van der Waals surface area (Å²) >= 11 is 0. The van der Waals surface area contributed by atoms with Crippen LogP contribution in [0.3, 0.4) is 0 Å². The quantitative estimate of drug-likeness (QED) is 0.252. The van der Waals surface area contributed by atoms with Gasteiger partial charge in [0.2, 0.25) is 0 Å². The molecule has 1 N–H and O–H groups in total. The first-order valence-corrected chi connectivity index (χ1v) is 8.58. The van der Waals surface area contributed by atoms with E-state index in [0.717, 1.165) is 0 Å². The lowest BCUT2D eigenvalue weighted by Crippen LogP contribution is -2.50. The van der Waals surface area contributed by atoms with E-state index in [9.17, 15) is 24.5 Å². The maximum Gasteiger partial charge on any atom is 0.368 e. The molecule has 10 nitrogen and oxygen atoms in total. The van der Waals surface area contributed by atoms with Crippen molar-refractivity contribution in [1.29, 1.82) is 0 Å². The van der Waals surface area contributed by atoms with Crippen LogP contribution in [0.5, 0.6) is 11.5 Å². The van der Waals surface area contributed by atoms with Crippen molar-refractivity contribution in [2.75, 3.05) is 7.11 Å². The Morgan fingerprint density at radius 2 is 1.70 bits per heavy atom. The van der Waals surface area contributed by atoms with Gasteiger partial charge in [0.05, 0.1) is 12.7 Å². The normalized spacial score (nSPS) is 16.0. The molecule has 0 aromatic heterocycles. The molecule has 0 radical (unpaired) electrons. The SMILES string of the molecule is COc1ccc(C(=O)Oc2ccc(/C=C/C3=NC(=O)C([N+](=O)[O-])C(=O)N3)cc2)cc1. The average Bonchev–Trinajstić information content (AvgIpc) is 2.72. The van der Waals surface area contributed by atoms with Gasteiger partial charge in [0.1, 0.15) is 17.3 Å². The highest BCUT2D eigenvalue weighted by Gasteiger charge is 2.41. The highest BCUT2D eigenvalue weighted by Crippen LogP contribution is 2.17. The predicted molar refractivity (Wildman–Crippen MR) is 105 cm³/mol. The van der Waals surface area contributed by atoms with Gasteiger partial charge < -0.3 is 14.8 Å². The van der Waals surface area contributed by atoms with E-state index in [4.69, 9.17) is 9.47 Å². The van der Waals surface area contributed by atoms with Crippen LogP contribution in [0.4, 0.5) is 0 Å². The summed E-state index contributed by atoms with van der Waals surface area (Å²) in [7, 11) is 1.53. The summed E-state index contributed by atoms with van der Waals surface area (Å²) in [6.45, 7) is 0. The highest BCUT2D eigenvalue weighted by atomic mass is 16.6. The van der Waals surface area contributed by atoms with Crippen LogP contribution in [-0.4, -0.2) is 41.7 Å². The fraction of sp³-hybridized carbons (Fsp3) is 0.100. The van der Waals surface area contributed by atoms with E-state index in [2.05, 4.69) is 10.3 Å². The molecule has 30 heavy (non-hydrogen) atoms. The van der Waals surface area contributed by atoms with Crippen LogP contribution in [-0.2, 0) is 9.59 Å². The van der Waals surface area contributed by atoms with Gasteiger partial charge in [-0.15, -0.1) is 0 Å². The summed E-state index contributed by atoms with van der Waals surface area (Å²) in [5, 5.41) is 12.9. The van der Waals surface area contributed by atoms with E-state index in [0.29, 0.717) is 22.6 Å². The molecule has 2 aromatic rings. The minimum absolute atomic E-state index is 0.0990. The molecule has 1 heterocycles. The van der Waals surface area contributed by atoms with Gasteiger partial charge in [0, 0.05) is 4.92 Å². The third kappa shape index (κ3) is 4.73. The summed E-state index contributed by atoms with van der Waals surface area (Å²) < 4.78 is 10.3. The lowest BCUT2D eigenvalue weighted by Gasteiger charge is -2.12. The molecule has 0 saturated carbocycles. The van der Waals surface area contributed by atoms with Gasteiger partial charge in [0.15, 0.2) is 0 Å². The number of hydrogen-bond donors (Lipinski definition) is 1. The summed E-state index contributed by atoms with van der Waals surface area (Å²) in [5.41, 5.74) is 1.02. The zero-order valence-electron chi connectivity index (χ0n) is 15.6. The molecule has 1 aliphatic rings. The molecular formula is C20H15N3O7. The molecule has 1 atom stereocenters. The Bertz CT molecular complexity index is 1060. The topological polar surface area (TPSA) is 137 Å². The molecule has 3 rings (SSSR count). The van der Waals surface area contributed by atoms with Crippen molar-refractivity contribution in [3.63, 3.8) is 0 Å². The maximum atomic E-state index is 12.2. The number of benzene rings is 2. The van der Waals surface area contributed by atoms with E-state index in [-0.39, 0.29) is 5.84 Å². The van der Waals surface area contributed by atoms with Crippen molar-refractivity contribution in [1.82, 2.24) is 5.32 Å². The minimum atomic E-state index is -2.03. The average molecular weight is 409 g/mol. The second-order valence-electron chi connectivity index (χ2n) is 6.03. The van der Waals surface area contributed by atoms with E-state index in [1.54, 1.807) is 48.5 Å². The molecule has 2 aromatic carbocycles. The number of amides is 2. The molecule has 2 amide bonds. The first-order chi connectivity index (χ1) is 14.4. The molecule has 1 unspecified atom stereocenters. The fourth-order valence-electron chi connectivity index (χ4n) is 2.49. The first kappa shape index (κ1) is 20.4. The second-order valence-corrected chi connectivity index (χ2v) is 6.03. The third-order valence-corrected chi connectivity index (χ3v) is 4.03. The Morgan fingerprint density at radius 1 is 1.07 bits per heavy atom. The largest absolute Gasteiger partial charge is 0.497 e. The van der Waals surface area contributed by atoms with Crippen molar-refractivity contribution in [2.24, 2.45) is 4.99 Å². The Labute approximate surface area is 170 Å². The highest BCUT2D eigenvalue weighted by molar-refractivity contribution is 6.21. The number of nitrogens with one attached hydrogen (secondary N) is 1. The summed E-state index contributed by atoms with van der Waals surface area (Å²) in [4.78, 5) is 48.6. The molecule has 0 bridgehead atoms. The van der Waals surface area contributed by atoms with Crippen LogP contribution in [0, 0.1) is 10.1 Å². The van der Waals surface area contributed by atoms with E-state index in [1.165, 1.54) is 19.3 Å². The Morgan fingerprint density at radius 3 is 2.27 bits per heavy atom. The number of esters is 1. The zero-order valence-corrected chi connectivity index (χ0v) is 15.6. The van der Waals surface area contributed by atoms with Crippen molar-refractivity contribution < 1.29 is 28.8 Å². The number of rotatable bonds is 6. The summed E-state index contributed by atoms with van der Waals surface area (Å²) in [5.74, 6) is -1.86. The van der Waals surface area contributed by atoms with Gasteiger partial charge in [-0.05, 0) is 48.0 Å². The van der Waals surface area contributed by atoms with Crippen molar-refractivity contribution in [2.45, 2.75) is 6.04 Å². The van der Waals surface area contributed by atoms with Crippen LogP contribution in [0.1, 0.15) is 15.9 Å². The Balaban J connectivity index is 1.63. The van der Waals surface area contributed by atoms with Crippen LogP contribution >= 0.6 is 0 Å². The lowest BCUT2D eigenvalue weighted by atomic mass is 10.2. The smallest absolute Gasteiger partial charge is 0.368 e. The predicted octanol–water partition coefficient (Wildman–Crippen LogP) is 1.63. The monoisotopic (exact) mass is 409 g/mol. The second kappa shape index (κ2) is 8.78. The van der Waals surface area contributed by atoms with Crippen molar-refractivity contribution >= 4 is 29.7 Å². The fourth-order valence-corrected chi connectivity index (χ4v) is 2.49. The molecular weight excluding hydrogens is 394 g/mol. The number of ether oxygens (including phenoxy) is 2. The van der Waals surface area contributed by atoms with Crippen LogP contribution < -0.4 is 14.8 Å². The van der Waals surface area contributed by atoms with Crippen LogP contribution in [0.2, 0.25) is 0 Å². The van der Waals surface area contributed by atoms with Gasteiger partial charge in [-0.1, -0.05) is 18.2 Å². The van der Waals surface area contributed by atoms with E-state index < -0.39 is 28.7 Å². The van der Waals surface area contributed by atoms with Gasteiger partial charge in [0.25, 0.3) is 0 Å². The first-order valence-electron chi connectivity index (χ1n) is 8.58. The molecule has 0 fully saturated rings. The van der Waals surface area contributed by atoms with Crippen LogP contribution in [0.15, 0.2) is 59.6 Å². The molecule has 0 saturated heterocycles. The number of hydrogen-bond acceptors (Lipinski definition) is 7. The molecule has 152 valence electrons. The molecule has 0 spiro atoms. The van der Waals surface area contributed by atoms with E-state index in [1.807, 2.05) is 0 Å². The third-order valence-electron chi connectivity index (χ3n) is 4.03.